The lowest BCUT2D eigenvalue weighted by atomic mass is 10.2. The molecule has 0 aliphatic heterocycles. The van der Waals surface area contributed by atoms with E-state index >= 15 is 0 Å². The first-order valence-electron chi connectivity index (χ1n) is 9.85. The van der Waals surface area contributed by atoms with Gasteiger partial charge in [-0.05, 0) is 48.5 Å². The van der Waals surface area contributed by atoms with Crippen molar-refractivity contribution in [1.82, 2.24) is 19.7 Å². The summed E-state index contributed by atoms with van der Waals surface area (Å²) < 4.78 is 12.4. The van der Waals surface area contributed by atoms with Crippen molar-refractivity contribution in [2.24, 2.45) is 0 Å². The maximum Gasteiger partial charge on any atom is 0.234 e. The van der Waals surface area contributed by atoms with Crippen LogP contribution >= 0.6 is 23.4 Å². The molecule has 0 radical (unpaired) electrons. The molecule has 0 saturated carbocycles. The van der Waals surface area contributed by atoms with Crippen molar-refractivity contribution in [2.75, 3.05) is 25.3 Å². The van der Waals surface area contributed by atoms with Gasteiger partial charge in [0.2, 0.25) is 5.91 Å². The Morgan fingerprint density at radius 2 is 1.91 bits per heavy atom. The summed E-state index contributed by atoms with van der Waals surface area (Å²) in [5.41, 5.74) is 2.15. The van der Waals surface area contributed by atoms with E-state index in [1.54, 1.807) is 56.9 Å². The maximum absolute atomic E-state index is 12.7. The molecule has 0 bridgehead atoms. The summed E-state index contributed by atoms with van der Waals surface area (Å²) >= 11 is 7.33. The van der Waals surface area contributed by atoms with Gasteiger partial charge in [-0.3, -0.25) is 14.3 Å². The van der Waals surface area contributed by atoms with Gasteiger partial charge in [0.05, 0.1) is 25.7 Å². The zero-order chi connectivity index (χ0) is 23.2. The number of anilines is 1. The zero-order valence-electron chi connectivity index (χ0n) is 17.9. The predicted molar refractivity (Wildman–Crippen MR) is 128 cm³/mol. The molecule has 0 unspecified atom stereocenters. The van der Waals surface area contributed by atoms with Crippen LogP contribution in [0.3, 0.4) is 0 Å². The Labute approximate surface area is 199 Å². The van der Waals surface area contributed by atoms with Crippen LogP contribution in [0.15, 0.2) is 72.1 Å². The number of nitrogens with one attached hydrogen (secondary N) is 1. The second-order valence-corrected chi connectivity index (χ2v) is 8.14. The normalized spacial score (nSPS) is 10.6. The molecule has 8 nitrogen and oxygen atoms in total. The number of nitrogens with zero attached hydrogens (tertiary/aromatic N) is 4. The standard InChI is InChI=1S/C23H20ClN5O3S/c1-31-18-9-10-20(32-2)19(12-18)26-21(30)14-33-23-28-27-22(15-4-3-11-25-13-15)29(23)17-7-5-16(24)6-8-17/h3-13H,14H2,1-2H3,(H,26,30). The highest BCUT2D eigenvalue weighted by Gasteiger charge is 2.18. The molecule has 0 fully saturated rings. The molecule has 33 heavy (non-hydrogen) atoms. The number of aromatic nitrogens is 4. The van der Waals surface area contributed by atoms with Crippen LogP contribution in [-0.2, 0) is 4.79 Å². The van der Waals surface area contributed by atoms with Crippen molar-refractivity contribution >= 4 is 35.0 Å². The highest BCUT2D eigenvalue weighted by Crippen LogP contribution is 2.31. The fourth-order valence-corrected chi connectivity index (χ4v) is 3.97. The average molecular weight is 482 g/mol. The summed E-state index contributed by atoms with van der Waals surface area (Å²) in [6.45, 7) is 0. The van der Waals surface area contributed by atoms with E-state index in [1.807, 2.05) is 28.8 Å². The molecule has 0 spiro atoms. The summed E-state index contributed by atoms with van der Waals surface area (Å²) in [6.07, 6.45) is 3.41. The first kappa shape index (κ1) is 22.6. The van der Waals surface area contributed by atoms with Gasteiger partial charge in [-0.15, -0.1) is 10.2 Å². The van der Waals surface area contributed by atoms with Gasteiger partial charge >= 0.3 is 0 Å². The van der Waals surface area contributed by atoms with Crippen LogP contribution in [0, 0.1) is 0 Å². The molecule has 168 valence electrons. The minimum absolute atomic E-state index is 0.110. The van der Waals surface area contributed by atoms with Crippen LogP contribution in [0.2, 0.25) is 5.02 Å². The van der Waals surface area contributed by atoms with E-state index in [1.165, 1.54) is 11.8 Å². The number of thioether (sulfide) groups is 1. The average Bonchev–Trinajstić information content (AvgIpc) is 3.27. The number of rotatable bonds is 8. The SMILES string of the molecule is COc1ccc(OC)c(NC(=O)CSc2nnc(-c3cccnc3)n2-c2ccc(Cl)cc2)c1. The molecule has 10 heteroatoms. The lowest BCUT2D eigenvalue weighted by molar-refractivity contribution is -0.113. The first-order chi connectivity index (χ1) is 16.1. The van der Waals surface area contributed by atoms with Gasteiger partial charge in [0.15, 0.2) is 11.0 Å². The lowest BCUT2D eigenvalue weighted by Crippen LogP contribution is -2.15. The number of benzene rings is 2. The van der Waals surface area contributed by atoms with Crippen LogP contribution in [-0.4, -0.2) is 45.6 Å². The van der Waals surface area contributed by atoms with Crippen molar-refractivity contribution in [3.63, 3.8) is 0 Å². The van der Waals surface area contributed by atoms with Gasteiger partial charge in [-0.25, -0.2) is 0 Å². The molecule has 4 rings (SSSR count). The number of ether oxygens (including phenoxy) is 2. The molecule has 2 aromatic carbocycles. The number of methoxy groups -OCH3 is 2. The molecular formula is C23H20ClN5O3S. The molecule has 0 atom stereocenters. The van der Waals surface area contributed by atoms with Crippen molar-refractivity contribution in [3.05, 3.63) is 72.0 Å². The molecule has 2 heterocycles. The van der Waals surface area contributed by atoms with E-state index in [4.69, 9.17) is 21.1 Å². The predicted octanol–water partition coefficient (Wildman–Crippen LogP) is 4.73. The Bertz CT molecular complexity index is 1250. The highest BCUT2D eigenvalue weighted by atomic mass is 35.5. The van der Waals surface area contributed by atoms with Gasteiger partial charge in [-0.1, -0.05) is 23.4 Å². The lowest BCUT2D eigenvalue weighted by Gasteiger charge is -2.12. The molecular weight excluding hydrogens is 462 g/mol. The second kappa shape index (κ2) is 10.4. The molecule has 0 aliphatic carbocycles. The Kier molecular flexibility index (Phi) is 7.11. The van der Waals surface area contributed by atoms with E-state index in [0.717, 1.165) is 11.3 Å². The molecule has 4 aromatic rings. The quantitative estimate of drug-likeness (QED) is 0.364. The van der Waals surface area contributed by atoms with E-state index in [2.05, 4.69) is 20.5 Å². The van der Waals surface area contributed by atoms with Gasteiger partial charge in [-0.2, -0.15) is 0 Å². The minimum Gasteiger partial charge on any atom is -0.497 e. The zero-order valence-corrected chi connectivity index (χ0v) is 19.4. The Morgan fingerprint density at radius 1 is 1.09 bits per heavy atom. The number of hydrogen-bond acceptors (Lipinski definition) is 7. The van der Waals surface area contributed by atoms with E-state index in [0.29, 0.717) is 33.2 Å². The van der Waals surface area contributed by atoms with Crippen LogP contribution in [0.5, 0.6) is 11.5 Å². The van der Waals surface area contributed by atoms with Crippen molar-refractivity contribution in [1.29, 1.82) is 0 Å². The van der Waals surface area contributed by atoms with Gasteiger partial charge < -0.3 is 14.8 Å². The van der Waals surface area contributed by atoms with Crippen molar-refractivity contribution < 1.29 is 14.3 Å². The topological polar surface area (TPSA) is 91.2 Å². The molecule has 0 saturated heterocycles. The number of halogens is 1. The van der Waals surface area contributed by atoms with E-state index in [9.17, 15) is 4.79 Å². The maximum atomic E-state index is 12.7. The Balaban J connectivity index is 1.58. The smallest absolute Gasteiger partial charge is 0.234 e. The summed E-state index contributed by atoms with van der Waals surface area (Å²) in [5, 5.41) is 12.7. The number of amides is 1. The van der Waals surface area contributed by atoms with Crippen LogP contribution < -0.4 is 14.8 Å². The van der Waals surface area contributed by atoms with Gasteiger partial charge in [0.1, 0.15) is 11.5 Å². The van der Waals surface area contributed by atoms with Crippen LogP contribution in [0.1, 0.15) is 0 Å². The van der Waals surface area contributed by atoms with Gasteiger partial charge in [0, 0.05) is 34.7 Å². The fourth-order valence-electron chi connectivity index (χ4n) is 3.10. The first-order valence-corrected chi connectivity index (χ1v) is 11.2. The molecule has 0 aliphatic rings. The van der Waals surface area contributed by atoms with Crippen molar-refractivity contribution in [2.45, 2.75) is 5.16 Å². The summed E-state index contributed by atoms with van der Waals surface area (Å²) in [4.78, 5) is 16.9. The second-order valence-electron chi connectivity index (χ2n) is 6.76. The van der Waals surface area contributed by atoms with Crippen LogP contribution in [0.4, 0.5) is 5.69 Å². The minimum atomic E-state index is -0.222. The highest BCUT2D eigenvalue weighted by molar-refractivity contribution is 7.99. The molecule has 1 N–H and O–H groups in total. The number of pyridine rings is 1. The number of carbonyl (C=O) groups is 1. The third kappa shape index (κ3) is 5.27. The van der Waals surface area contributed by atoms with Gasteiger partial charge in [0.25, 0.3) is 0 Å². The van der Waals surface area contributed by atoms with E-state index < -0.39 is 0 Å². The number of hydrogen-bond donors (Lipinski definition) is 1. The number of carbonyl (C=O) groups excluding carboxylic acids is 1. The van der Waals surface area contributed by atoms with Crippen molar-refractivity contribution in [3.8, 4) is 28.6 Å². The largest absolute Gasteiger partial charge is 0.497 e. The third-order valence-electron chi connectivity index (χ3n) is 4.65. The molecule has 2 aromatic heterocycles. The third-order valence-corrected chi connectivity index (χ3v) is 5.83. The molecule has 1 amide bonds. The fraction of sp³-hybridized carbons (Fsp3) is 0.130. The summed E-state index contributed by atoms with van der Waals surface area (Å²) in [5.74, 6) is 1.65. The Morgan fingerprint density at radius 3 is 2.61 bits per heavy atom. The summed E-state index contributed by atoms with van der Waals surface area (Å²) in [7, 11) is 3.10. The Hall–Kier alpha value is -3.56. The van der Waals surface area contributed by atoms with Crippen LogP contribution in [0.25, 0.3) is 17.1 Å². The van der Waals surface area contributed by atoms with E-state index in [-0.39, 0.29) is 11.7 Å². The summed E-state index contributed by atoms with van der Waals surface area (Å²) in [6, 6.07) is 16.3. The monoisotopic (exact) mass is 481 g/mol.